The molecule has 0 aromatic heterocycles. The van der Waals surface area contributed by atoms with Crippen molar-refractivity contribution < 1.29 is 9.59 Å². The third-order valence-corrected chi connectivity index (χ3v) is 5.73. The fourth-order valence-electron chi connectivity index (χ4n) is 4.10. The van der Waals surface area contributed by atoms with Crippen LogP contribution in [0.5, 0.6) is 0 Å². The molecule has 1 fully saturated rings. The molecule has 0 heterocycles. The second-order valence-corrected chi connectivity index (χ2v) is 8.41. The molecule has 0 spiro atoms. The van der Waals surface area contributed by atoms with Crippen molar-refractivity contribution in [3.8, 4) is 0 Å². The summed E-state index contributed by atoms with van der Waals surface area (Å²) in [5, 5.41) is 3.26. The molecular weight excluding hydrogens is 336 g/mol. The first-order chi connectivity index (χ1) is 12.7. The molecule has 0 radical (unpaired) electrons. The number of para-hydroxylation sites is 1. The van der Waals surface area contributed by atoms with Crippen LogP contribution in [0.4, 0.5) is 5.69 Å². The second kappa shape index (κ2) is 9.20. The summed E-state index contributed by atoms with van der Waals surface area (Å²) in [6.45, 7) is 14.0. The van der Waals surface area contributed by atoms with E-state index in [1.165, 1.54) is 6.42 Å². The Labute approximate surface area is 164 Å². The molecule has 1 aromatic rings. The number of hydrogen-bond acceptors (Lipinski definition) is 2. The van der Waals surface area contributed by atoms with Crippen molar-refractivity contribution in [2.75, 3.05) is 4.90 Å². The van der Waals surface area contributed by atoms with Gasteiger partial charge in [0.05, 0.1) is 0 Å². The van der Waals surface area contributed by atoms with Gasteiger partial charge in [0.15, 0.2) is 0 Å². The van der Waals surface area contributed by atoms with Crippen molar-refractivity contribution in [2.24, 2.45) is 17.8 Å². The third-order valence-electron chi connectivity index (χ3n) is 5.73. The van der Waals surface area contributed by atoms with Crippen molar-refractivity contribution in [3.05, 3.63) is 42.5 Å². The predicted octanol–water partition coefficient (Wildman–Crippen LogP) is 4.56. The van der Waals surface area contributed by atoms with Crippen LogP contribution in [0, 0.1) is 17.8 Å². The lowest BCUT2D eigenvalue weighted by Crippen LogP contribution is -2.54. The molecule has 0 aliphatic heterocycles. The predicted molar refractivity (Wildman–Crippen MR) is 111 cm³/mol. The van der Waals surface area contributed by atoms with E-state index in [1.807, 2.05) is 30.3 Å². The molecule has 1 saturated carbocycles. The minimum absolute atomic E-state index is 0.0989. The minimum Gasteiger partial charge on any atom is -0.351 e. The molecule has 4 nitrogen and oxygen atoms in total. The molecule has 2 rings (SSSR count). The van der Waals surface area contributed by atoms with Crippen LogP contribution in [-0.4, -0.2) is 23.9 Å². The van der Waals surface area contributed by atoms with E-state index < -0.39 is 6.04 Å². The third kappa shape index (κ3) is 5.21. The molecule has 2 amide bonds. The van der Waals surface area contributed by atoms with E-state index in [1.54, 1.807) is 18.7 Å². The smallest absolute Gasteiger partial charge is 0.254 e. The van der Waals surface area contributed by atoms with Gasteiger partial charge < -0.3 is 5.32 Å². The molecule has 1 N–H and O–H groups in total. The van der Waals surface area contributed by atoms with Gasteiger partial charge in [-0.3, -0.25) is 14.5 Å². The van der Waals surface area contributed by atoms with Crippen LogP contribution in [0.1, 0.15) is 53.9 Å². The first kappa shape index (κ1) is 21.2. The molecule has 4 atom stereocenters. The maximum absolute atomic E-state index is 13.1. The SMILES string of the molecule is C=C(C)C(=O)N(c1ccccc1)[C@@H](C)C(=O)NC1CC(C)CCC1C(C)C. The lowest BCUT2D eigenvalue weighted by atomic mass is 9.74. The lowest BCUT2D eigenvalue weighted by molar-refractivity contribution is -0.126. The number of benzene rings is 1. The molecule has 1 aliphatic carbocycles. The zero-order valence-corrected chi connectivity index (χ0v) is 17.4. The Morgan fingerprint density at radius 1 is 1.15 bits per heavy atom. The standard InChI is InChI=1S/C23H34N2O2/c1-15(2)20-13-12-17(5)14-21(20)24-22(26)18(6)25(23(27)16(3)4)19-10-8-7-9-11-19/h7-11,15,17-18,20-21H,3,12-14H2,1-2,4-6H3,(H,24,26)/t17?,18-,20?,21?/m0/s1. The topological polar surface area (TPSA) is 49.4 Å². The molecule has 3 unspecified atom stereocenters. The Bertz CT molecular complexity index is 668. The first-order valence-corrected chi connectivity index (χ1v) is 10.1. The summed E-state index contributed by atoms with van der Waals surface area (Å²) in [5.41, 5.74) is 1.13. The van der Waals surface area contributed by atoms with Crippen molar-refractivity contribution in [1.29, 1.82) is 0 Å². The fraction of sp³-hybridized carbons (Fsp3) is 0.565. The van der Waals surface area contributed by atoms with E-state index in [4.69, 9.17) is 0 Å². The van der Waals surface area contributed by atoms with Gasteiger partial charge in [-0.2, -0.15) is 0 Å². The van der Waals surface area contributed by atoms with Gasteiger partial charge in [0.1, 0.15) is 6.04 Å². The molecule has 0 saturated heterocycles. The molecule has 148 valence electrons. The van der Waals surface area contributed by atoms with E-state index in [-0.39, 0.29) is 17.9 Å². The summed E-state index contributed by atoms with van der Waals surface area (Å²) < 4.78 is 0. The number of nitrogens with zero attached hydrogens (tertiary/aromatic N) is 1. The Morgan fingerprint density at radius 2 is 1.78 bits per heavy atom. The van der Waals surface area contributed by atoms with Gasteiger partial charge >= 0.3 is 0 Å². The number of hydrogen-bond donors (Lipinski definition) is 1. The van der Waals surface area contributed by atoms with Gasteiger partial charge in [0, 0.05) is 17.3 Å². The molecular formula is C23H34N2O2. The zero-order chi connectivity index (χ0) is 20.1. The normalized spacial score (nSPS) is 23.6. The van der Waals surface area contributed by atoms with Gasteiger partial charge in [-0.1, -0.05) is 52.0 Å². The second-order valence-electron chi connectivity index (χ2n) is 8.41. The summed E-state index contributed by atoms with van der Waals surface area (Å²) in [6.07, 6.45) is 3.36. The van der Waals surface area contributed by atoms with Crippen LogP contribution >= 0.6 is 0 Å². The largest absolute Gasteiger partial charge is 0.351 e. The Balaban J connectivity index is 2.21. The van der Waals surface area contributed by atoms with E-state index in [2.05, 4.69) is 32.7 Å². The summed E-state index contributed by atoms with van der Waals surface area (Å²) in [4.78, 5) is 27.4. The number of amides is 2. The Kier molecular flexibility index (Phi) is 7.23. The monoisotopic (exact) mass is 370 g/mol. The maximum atomic E-state index is 13.1. The molecule has 0 bridgehead atoms. The van der Waals surface area contributed by atoms with E-state index >= 15 is 0 Å². The van der Waals surface area contributed by atoms with Crippen molar-refractivity contribution in [2.45, 2.75) is 66.0 Å². The van der Waals surface area contributed by atoms with Gasteiger partial charge in [0.25, 0.3) is 5.91 Å². The number of nitrogens with one attached hydrogen (secondary N) is 1. The Morgan fingerprint density at radius 3 is 2.33 bits per heavy atom. The average Bonchev–Trinajstić information content (AvgIpc) is 2.62. The highest BCUT2D eigenvalue weighted by molar-refractivity contribution is 6.08. The summed E-state index contributed by atoms with van der Waals surface area (Å²) in [6, 6.07) is 8.91. The van der Waals surface area contributed by atoms with E-state index in [0.29, 0.717) is 29.0 Å². The Hall–Kier alpha value is -2.10. The zero-order valence-electron chi connectivity index (χ0n) is 17.4. The number of rotatable bonds is 6. The van der Waals surface area contributed by atoms with Gasteiger partial charge in [-0.15, -0.1) is 0 Å². The lowest BCUT2D eigenvalue weighted by Gasteiger charge is -2.39. The van der Waals surface area contributed by atoms with Crippen LogP contribution < -0.4 is 10.2 Å². The summed E-state index contributed by atoms with van der Waals surface area (Å²) >= 11 is 0. The number of carbonyl (C=O) groups is 2. The summed E-state index contributed by atoms with van der Waals surface area (Å²) in [7, 11) is 0. The van der Waals surface area contributed by atoms with Crippen LogP contribution in [0.3, 0.4) is 0 Å². The molecule has 4 heteroatoms. The fourth-order valence-corrected chi connectivity index (χ4v) is 4.10. The average molecular weight is 371 g/mol. The van der Waals surface area contributed by atoms with Crippen LogP contribution in [0.15, 0.2) is 42.5 Å². The van der Waals surface area contributed by atoms with Gasteiger partial charge in [-0.25, -0.2) is 0 Å². The van der Waals surface area contributed by atoms with E-state index in [9.17, 15) is 9.59 Å². The quantitative estimate of drug-likeness (QED) is 0.746. The van der Waals surface area contributed by atoms with Crippen LogP contribution in [0.2, 0.25) is 0 Å². The van der Waals surface area contributed by atoms with Crippen molar-refractivity contribution in [1.82, 2.24) is 5.32 Å². The highest BCUT2D eigenvalue weighted by Crippen LogP contribution is 2.33. The van der Waals surface area contributed by atoms with Gasteiger partial charge in [0.2, 0.25) is 5.91 Å². The highest BCUT2D eigenvalue weighted by Gasteiger charge is 2.34. The van der Waals surface area contributed by atoms with Crippen molar-refractivity contribution >= 4 is 17.5 Å². The number of carbonyl (C=O) groups excluding carboxylic acids is 2. The molecule has 27 heavy (non-hydrogen) atoms. The van der Waals surface area contributed by atoms with Gasteiger partial charge in [-0.05, 0) is 56.6 Å². The first-order valence-electron chi connectivity index (χ1n) is 10.1. The van der Waals surface area contributed by atoms with Crippen molar-refractivity contribution in [3.63, 3.8) is 0 Å². The van der Waals surface area contributed by atoms with E-state index in [0.717, 1.165) is 12.8 Å². The maximum Gasteiger partial charge on any atom is 0.254 e. The highest BCUT2D eigenvalue weighted by atomic mass is 16.2. The summed E-state index contributed by atoms with van der Waals surface area (Å²) in [5.74, 6) is 1.31. The molecule has 1 aliphatic rings. The minimum atomic E-state index is -0.596. The van der Waals surface area contributed by atoms with Crippen LogP contribution in [-0.2, 0) is 9.59 Å². The molecule has 1 aromatic carbocycles. The number of anilines is 1. The van der Waals surface area contributed by atoms with Crippen LogP contribution in [0.25, 0.3) is 0 Å².